The van der Waals surface area contributed by atoms with Gasteiger partial charge in [0.2, 0.25) is 0 Å². The van der Waals surface area contributed by atoms with E-state index < -0.39 is 4.92 Å². The van der Waals surface area contributed by atoms with Crippen molar-refractivity contribution in [3.8, 4) is 0 Å². The summed E-state index contributed by atoms with van der Waals surface area (Å²) in [5, 5.41) is 14.2. The first-order valence-electron chi connectivity index (χ1n) is 8.12. The fraction of sp³-hybridized carbons (Fsp3) is 0.588. The Bertz CT molecular complexity index is 591. The normalized spacial score (nSPS) is 21.3. The third kappa shape index (κ3) is 4.21. The fourth-order valence-corrected chi connectivity index (χ4v) is 3.28. The summed E-state index contributed by atoms with van der Waals surface area (Å²) >= 11 is 0. The zero-order valence-corrected chi connectivity index (χ0v) is 14.2. The van der Waals surface area contributed by atoms with Crippen LogP contribution < -0.4 is 10.2 Å². The lowest BCUT2D eigenvalue weighted by Crippen LogP contribution is -2.39. The van der Waals surface area contributed by atoms with Crippen molar-refractivity contribution in [1.82, 2.24) is 5.32 Å². The number of nitro benzene ring substituents is 1. The van der Waals surface area contributed by atoms with Gasteiger partial charge in [0, 0.05) is 30.8 Å². The van der Waals surface area contributed by atoms with Crippen molar-refractivity contribution in [3.63, 3.8) is 0 Å². The number of amides is 1. The van der Waals surface area contributed by atoms with Crippen molar-refractivity contribution in [3.05, 3.63) is 33.9 Å². The molecule has 1 aliphatic rings. The van der Waals surface area contributed by atoms with Crippen LogP contribution in [0.1, 0.15) is 44.5 Å². The molecule has 6 nitrogen and oxygen atoms in total. The molecular weight excluding hydrogens is 294 g/mol. The summed E-state index contributed by atoms with van der Waals surface area (Å²) in [4.78, 5) is 25.2. The van der Waals surface area contributed by atoms with Gasteiger partial charge in [-0.2, -0.15) is 0 Å². The van der Waals surface area contributed by atoms with E-state index in [1.54, 1.807) is 12.1 Å². The van der Waals surface area contributed by atoms with Crippen molar-refractivity contribution < 1.29 is 9.72 Å². The number of nitrogens with zero attached hydrogens (tertiary/aromatic N) is 2. The van der Waals surface area contributed by atoms with Crippen molar-refractivity contribution in [2.45, 2.75) is 40.2 Å². The van der Waals surface area contributed by atoms with Gasteiger partial charge in [-0.15, -0.1) is 0 Å². The summed E-state index contributed by atoms with van der Waals surface area (Å²) in [6.07, 6.45) is 1.14. The van der Waals surface area contributed by atoms with Gasteiger partial charge in [0.15, 0.2) is 0 Å². The Kier molecular flexibility index (Phi) is 5.23. The van der Waals surface area contributed by atoms with Crippen molar-refractivity contribution in [2.75, 3.05) is 18.0 Å². The van der Waals surface area contributed by atoms with Crippen LogP contribution in [0, 0.1) is 22.0 Å². The maximum absolute atomic E-state index is 12.1. The molecule has 1 aromatic rings. The Morgan fingerprint density at radius 3 is 2.43 bits per heavy atom. The number of nitro groups is 1. The van der Waals surface area contributed by atoms with Crippen LogP contribution >= 0.6 is 0 Å². The largest absolute Gasteiger partial charge is 0.365 e. The maximum Gasteiger partial charge on any atom is 0.293 e. The number of carbonyl (C=O) groups is 1. The van der Waals surface area contributed by atoms with E-state index in [-0.39, 0.29) is 17.6 Å². The smallest absolute Gasteiger partial charge is 0.293 e. The van der Waals surface area contributed by atoms with Gasteiger partial charge in [-0.25, -0.2) is 0 Å². The molecule has 1 saturated heterocycles. The molecule has 1 heterocycles. The van der Waals surface area contributed by atoms with Crippen LogP contribution in [0.4, 0.5) is 11.4 Å². The van der Waals surface area contributed by atoms with Gasteiger partial charge >= 0.3 is 0 Å². The number of hydrogen-bond donors (Lipinski definition) is 1. The minimum absolute atomic E-state index is 0.00251. The topological polar surface area (TPSA) is 75.5 Å². The number of benzene rings is 1. The van der Waals surface area contributed by atoms with Crippen LogP contribution in [0.2, 0.25) is 0 Å². The first-order valence-corrected chi connectivity index (χ1v) is 8.12. The maximum atomic E-state index is 12.1. The number of hydrogen-bond acceptors (Lipinski definition) is 4. The molecule has 23 heavy (non-hydrogen) atoms. The zero-order chi connectivity index (χ0) is 17.1. The van der Waals surface area contributed by atoms with Crippen LogP contribution in [0.5, 0.6) is 0 Å². The van der Waals surface area contributed by atoms with Crippen LogP contribution in [0.3, 0.4) is 0 Å². The Hall–Kier alpha value is -2.11. The van der Waals surface area contributed by atoms with Gasteiger partial charge < -0.3 is 10.2 Å². The Morgan fingerprint density at radius 1 is 1.30 bits per heavy atom. The summed E-state index contributed by atoms with van der Waals surface area (Å²) in [5.41, 5.74) is 0.935. The molecule has 1 aromatic carbocycles. The van der Waals surface area contributed by atoms with Gasteiger partial charge in [-0.1, -0.05) is 13.8 Å². The summed E-state index contributed by atoms with van der Waals surface area (Å²) in [7, 11) is 0. The Labute approximate surface area is 137 Å². The zero-order valence-electron chi connectivity index (χ0n) is 14.2. The summed E-state index contributed by atoms with van der Waals surface area (Å²) in [6.45, 7) is 9.66. The first kappa shape index (κ1) is 17.2. The standard InChI is InChI=1S/C17H25N3O3/c1-11(2)18-17(21)14-5-6-15(16(8-14)20(22)23)19-9-12(3)7-13(4)10-19/h5-6,8,11-13H,7,9-10H2,1-4H3,(H,18,21). The highest BCUT2D eigenvalue weighted by Gasteiger charge is 2.27. The van der Waals surface area contributed by atoms with Crippen LogP contribution in [0.25, 0.3) is 0 Å². The number of nitrogens with one attached hydrogen (secondary N) is 1. The second kappa shape index (κ2) is 6.98. The number of anilines is 1. The van der Waals surface area contributed by atoms with Gasteiger partial charge in [-0.05, 0) is 44.2 Å². The Balaban J connectivity index is 2.33. The molecule has 0 radical (unpaired) electrons. The van der Waals surface area contributed by atoms with E-state index in [9.17, 15) is 14.9 Å². The lowest BCUT2D eigenvalue weighted by molar-refractivity contribution is -0.384. The molecular formula is C17H25N3O3. The molecule has 0 spiro atoms. The molecule has 0 aromatic heterocycles. The summed E-state index contributed by atoms with van der Waals surface area (Å²) in [6, 6.07) is 4.75. The van der Waals surface area contributed by atoms with Crippen molar-refractivity contribution in [2.24, 2.45) is 11.8 Å². The molecule has 0 aliphatic carbocycles. The fourth-order valence-electron chi connectivity index (χ4n) is 3.28. The molecule has 2 unspecified atom stereocenters. The molecule has 1 aliphatic heterocycles. The number of carbonyl (C=O) groups excluding carboxylic acids is 1. The molecule has 1 fully saturated rings. The van der Waals surface area contributed by atoms with E-state index in [1.165, 1.54) is 6.07 Å². The lowest BCUT2D eigenvalue weighted by Gasteiger charge is -2.36. The van der Waals surface area contributed by atoms with E-state index in [1.807, 2.05) is 13.8 Å². The third-order valence-electron chi connectivity index (χ3n) is 4.06. The minimum atomic E-state index is -0.397. The highest BCUT2D eigenvalue weighted by molar-refractivity contribution is 5.96. The lowest BCUT2D eigenvalue weighted by atomic mass is 9.91. The molecule has 1 amide bonds. The third-order valence-corrected chi connectivity index (χ3v) is 4.06. The van der Waals surface area contributed by atoms with E-state index in [0.29, 0.717) is 23.1 Å². The Morgan fingerprint density at radius 2 is 1.91 bits per heavy atom. The van der Waals surface area contributed by atoms with Crippen LogP contribution in [-0.4, -0.2) is 30.0 Å². The highest BCUT2D eigenvalue weighted by atomic mass is 16.6. The molecule has 2 atom stereocenters. The van der Waals surface area contributed by atoms with Gasteiger partial charge in [0.1, 0.15) is 5.69 Å². The second-order valence-corrected chi connectivity index (χ2v) is 6.94. The predicted octanol–water partition coefficient (Wildman–Crippen LogP) is 3.22. The average Bonchev–Trinajstić information content (AvgIpc) is 2.44. The number of piperidine rings is 1. The SMILES string of the molecule is CC1CC(C)CN(c2ccc(C(=O)NC(C)C)cc2[N+](=O)[O-])C1. The molecule has 6 heteroatoms. The van der Waals surface area contributed by atoms with Gasteiger partial charge in [-0.3, -0.25) is 14.9 Å². The average molecular weight is 319 g/mol. The highest BCUT2D eigenvalue weighted by Crippen LogP contribution is 2.33. The molecule has 1 N–H and O–H groups in total. The summed E-state index contributed by atoms with van der Waals surface area (Å²) in [5.74, 6) is 0.722. The molecule has 2 rings (SSSR count). The van der Waals surface area contributed by atoms with E-state index in [4.69, 9.17) is 0 Å². The van der Waals surface area contributed by atoms with Gasteiger partial charge in [0.05, 0.1) is 4.92 Å². The molecule has 0 bridgehead atoms. The summed E-state index contributed by atoms with van der Waals surface area (Å²) < 4.78 is 0. The molecule has 0 saturated carbocycles. The quantitative estimate of drug-likeness (QED) is 0.683. The van der Waals surface area contributed by atoms with Crippen LogP contribution in [0.15, 0.2) is 18.2 Å². The monoisotopic (exact) mass is 319 g/mol. The van der Waals surface area contributed by atoms with E-state index in [0.717, 1.165) is 19.5 Å². The number of rotatable bonds is 4. The van der Waals surface area contributed by atoms with E-state index in [2.05, 4.69) is 24.1 Å². The predicted molar refractivity (Wildman–Crippen MR) is 90.9 cm³/mol. The second-order valence-electron chi connectivity index (χ2n) is 6.94. The van der Waals surface area contributed by atoms with Crippen LogP contribution in [-0.2, 0) is 0 Å². The minimum Gasteiger partial charge on any atom is -0.365 e. The van der Waals surface area contributed by atoms with Gasteiger partial charge in [0.25, 0.3) is 11.6 Å². The van der Waals surface area contributed by atoms with Crippen molar-refractivity contribution >= 4 is 17.3 Å². The van der Waals surface area contributed by atoms with Crippen molar-refractivity contribution in [1.29, 1.82) is 0 Å². The first-order chi connectivity index (χ1) is 10.8. The van der Waals surface area contributed by atoms with E-state index >= 15 is 0 Å². The molecule has 126 valence electrons.